The van der Waals surface area contributed by atoms with Crippen LogP contribution in [0.15, 0.2) is 24.5 Å². The summed E-state index contributed by atoms with van der Waals surface area (Å²) in [6.45, 7) is 0.920. The lowest BCUT2D eigenvalue weighted by Gasteiger charge is -2.22. The number of carboxylic acids is 1. The minimum Gasteiger partial charge on any atom is -0.481 e. The van der Waals surface area contributed by atoms with Crippen LogP contribution in [0.25, 0.3) is 0 Å². The van der Waals surface area contributed by atoms with Crippen LogP contribution in [0, 0.1) is 5.92 Å². The van der Waals surface area contributed by atoms with E-state index in [1.807, 2.05) is 12.1 Å². The van der Waals surface area contributed by atoms with Crippen LogP contribution in [0.2, 0.25) is 0 Å². The fourth-order valence-corrected chi connectivity index (χ4v) is 2.16. The molecule has 1 fully saturated rings. The van der Waals surface area contributed by atoms with E-state index in [2.05, 4.69) is 10.3 Å². The Morgan fingerprint density at radius 3 is 2.81 bits per heavy atom. The number of rotatable bonds is 5. The van der Waals surface area contributed by atoms with E-state index in [0.29, 0.717) is 6.54 Å². The van der Waals surface area contributed by atoms with Crippen molar-refractivity contribution in [2.75, 3.05) is 26.8 Å². The van der Waals surface area contributed by atoms with Crippen molar-refractivity contribution in [2.24, 2.45) is 5.92 Å². The van der Waals surface area contributed by atoms with Gasteiger partial charge in [0.1, 0.15) is 5.92 Å². The van der Waals surface area contributed by atoms with Gasteiger partial charge >= 0.3 is 12.0 Å². The molecule has 1 aromatic heterocycles. The van der Waals surface area contributed by atoms with Gasteiger partial charge in [-0.2, -0.15) is 0 Å². The predicted molar refractivity (Wildman–Crippen MR) is 74.8 cm³/mol. The number of nitrogens with one attached hydrogen (secondary N) is 1. The Balaban J connectivity index is 1.81. The van der Waals surface area contributed by atoms with Crippen molar-refractivity contribution in [1.82, 2.24) is 15.2 Å². The monoisotopic (exact) mass is 293 g/mol. The third-order valence-corrected chi connectivity index (χ3v) is 3.54. The van der Waals surface area contributed by atoms with Crippen molar-refractivity contribution in [1.29, 1.82) is 0 Å². The molecule has 0 spiro atoms. The zero-order valence-corrected chi connectivity index (χ0v) is 11.9. The van der Waals surface area contributed by atoms with E-state index in [0.717, 1.165) is 12.0 Å². The molecule has 1 aliphatic rings. The average Bonchev–Trinajstić information content (AvgIpc) is 2.94. The molecular formula is C14H19N3O4. The van der Waals surface area contributed by atoms with Crippen LogP contribution >= 0.6 is 0 Å². The van der Waals surface area contributed by atoms with Crippen LogP contribution in [-0.2, 0) is 16.0 Å². The van der Waals surface area contributed by atoms with Crippen LogP contribution in [0.1, 0.15) is 5.56 Å². The third kappa shape index (κ3) is 4.16. The largest absolute Gasteiger partial charge is 0.481 e. The number of carboxylic acid groups (broad SMARTS) is 1. The molecular weight excluding hydrogens is 274 g/mol. The second-order valence-corrected chi connectivity index (χ2v) is 5.07. The molecule has 7 heteroatoms. The highest BCUT2D eigenvalue weighted by atomic mass is 16.5. The van der Waals surface area contributed by atoms with Crippen LogP contribution < -0.4 is 5.32 Å². The standard InChI is InChI=1S/C14H19N3O4/c1-17(7-4-10-2-5-15-6-3-10)14(20)16-12-9-21-8-11(12)13(18)19/h2-3,5-6,11-12H,4,7-9H2,1H3,(H,16,20)(H,18,19). The summed E-state index contributed by atoms with van der Waals surface area (Å²) in [5.74, 6) is -1.63. The van der Waals surface area contributed by atoms with Crippen LogP contribution in [0.3, 0.4) is 0 Å². The lowest BCUT2D eigenvalue weighted by molar-refractivity contribution is -0.142. The average molecular weight is 293 g/mol. The lowest BCUT2D eigenvalue weighted by Crippen LogP contribution is -2.48. The summed E-state index contributed by atoms with van der Waals surface area (Å²) in [5, 5.41) is 11.8. The molecule has 2 unspecified atom stereocenters. The number of carbonyl (C=O) groups excluding carboxylic acids is 1. The SMILES string of the molecule is CN(CCc1ccncc1)C(=O)NC1COCC1C(=O)O. The third-order valence-electron chi connectivity index (χ3n) is 3.54. The van der Waals surface area contributed by atoms with Gasteiger partial charge in [0.15, 0.2) is 0 Å². The van der Waals surface area contributed by atoms with E-state index in [-0.39, 0.29) is 19.2 Å². The zero-order valence-electron chi connectivity index (χ0n) is 11.9. The fraction of sp³-hybridized carbons (Fsp3) is 0.500. The second kappa shape index (κ2) is 7.03. The van der Waals surface area contributed by atoms with Crippen molar-refractivity contribution in [3.05, 3.63) is 30.1 Å². The Hall–Kier alpha value is -2.15. The number of ether oxygens (including phenoxy) is 1. The van der Waals surface area contributed by atoms with E-state index in [1.54, 1.807) is 19.4 Å². The summed E-state index contributed by atoms with van der Waals surface area (Å²) >= 11 is 0. The van der Waals surface area contributed by atoms with Crippen LogP contribution in [-0.4, -0.2) is 59.8 Å². The number of hydrogen-bond donors (Lipinski definition) is 2. The van der Waals surface area contributed by atoms with E-state index in [4.69, 9.17) is 9.84 Å². The molecule has 2 amide bonds. The number of hydrogen-bond acceptors (Lipinski definition) is 4. The smallest absolute Gasteiger partial charge is 0.317 e. The van der Waals surface area contributed by atoms with Gasteiger partial charge < -0.3 is 20.1 Å². The number of carbonyl (C=O) groups is 2. The van der Waals surface area contributed by atoms with Gasteiger partial charge in [-0.1, -0.05) is 0 Å². The van der Waals surface area contributed by atoms with E-state index in [1.165, 1.54) is 4.90 Å². The van der Waals surface area contributed by atoms with Gasteiger partial charge in [-0.15, -0.1) is 0 Å². The maximum atomic E-state index is 12.0. The van der Waals surface area contributed by atoms with E-state index < -0.39 is 17.9 Å². The van der Waals surface area contributed by atoms with Gasteiger partial charge in [-0.25, -0.2) is 4.79 Å². The Morgan fingerprint density at radius 2 is 2.14 bits per heavy atom. The highest BCUT2D eigenvalue weighted by molar-refractivity contribution is 5.77. The first-order valence-electron chi connectivity index (χ1n) is 6.79. The molecule has 1 aliphatic heterocycles. The summed E-state index contributed by atoms with van der Waals surface area (Å²) in [7, 11) is 1.68. The van der Waals surface area contributed by atoms with Crippen molar-refractivity contribution in [2.45, 2.75) is 12.5 Å². The van der Waals surface area contributed by atoms with Crippen LogP contribution in [0.5, 0.6) is 0 Å². The lowest BCUT2D eigenvalue weighted by atomic mass is 10.0. The zero-order chi connectivity index (χ0) is 15.2. The molecule has 1 aromatic rings. The van der Waals surface area contributed by atoms with Crippen molar-refractivity contribution in [3.63, 3.8) is 0 Å². The van der Waals surface area contributed by atoms with Crippen LogP contribution in [0.4, 0.5) is 4.79 Å². The molecule has 2 rings (SSSR count). The molecule has 0 aromatic carbocycles. The summed E-state index contributed by atoms with van der Waals surface area (Å²) in [5.41, 5.74) is 1.09. The van der Waals surface area contributed by atoms with Crippen molar-refractivity contribution < 1.29 is 19.4 Å². The maximum Gasteiger partial charge on any atom is 0.317 e. The maximum absolute atomic E-state index is 12.0. The molecule has 114 valence electrons. The number of likely N-dealkylation sites (N-methyl/N-ethyl adjacent to an activating group) is 1. The van der Waals surface area contributed by atoms with Crippen molar-refractivity contribution >= 4 is 12.0 Å². The minimum atomic E-state index is -0.947. The molecule has 2 atom stereocenters. The summed E-state index contributed by atoms with van der Waals surface area (Å²) in [4.78, 5) is 28.5. The van der Waals surface area contributed by atoms with Crippen molar-refractivity contribution in [3.8, 4) is 0 Å². The molecule has 0 radical (unpaired) electrons. The molecule has 7 nitrogen and oxygen atoms in total. The number of nitrogens with zero attached hydrogens (tertiary/aromatic N) is 2. The number of urea groups is 1. The molecule has 0 bridgehead atoms. The molecule has 0 aliphatic carbocycles. The van der Waals surface area contributed by atoms with Gasteiger partial charge in [0, 0.05) is 26.0 Å². The Morgan fingerprint density at radius 1 is 1.43 bits per heavy atom. The van der Waals surface area contributed by atoms with Gasteiger partial charge in [0.05, 0.1) is 19.3 Å². The minimum absolute atomic E-state index is 0.140. The molecule has 1 saturated heterocycles. The number of pyridine rings is 1. The topological polar surface area (TPSA) is 91.8 Å². The van der Waals surface area contributed by atoms with E-state index in [9.17, 15) is 9.59 Å². The molecule has 2 heterocycles. The van der Waals surface area contributed by atoms with E-state index >= 15 is 0 Å². The Kier molecular flexibility index (Phi) is 5.10. The normalized spacial score (nSPS) is 21.0. The first kappa shape index (κ1) is 15.2. The quantitative estimate of drug-likeness (QED) is 0.818. The summed E-state index contributed by atoms with van der Waals surface area (Å²) < 4.78 is 5.12. The Labute approximate surface area is 122 Å². The van der Waals surface area contributed by atoms with Gasteiger partial charge in [0.2, 0.25) is 0 Å². The molecule has 21 heavy (non-hydrogen) atoms. The highest BCUT2D eigenvalue weighted by Crippen LogP contribution is 2.14. The highest BCUT2D eigenvalue weighted by Gasteiger charge is 2.35. The fourth-order valence-electron chi connectivity index (χ4n) is 2.16. The Bertz CT molecular complexity index is 494. The summed E-state index contributed by atoms with van der Waals surface area (Å²) in [6.07, 6.45) is 4.14. The second-order valence-electron chi connectivity index (χ2n) is 5.07. The molecule has 2 N–H and O–H groups in total. The first-order valence-corrected chi connectivity index (χ1v) is 6.79. The number of aromatic nitrogens is 1. The summed E-state index contributed by atoms with van der Waals surface area (Å²) in [6, 6.07) is 3.04. The number of aliphatic carboxylic acids is 1. The van der Waals surface area contributed by atoms with Gasteiger partial charge in [-0.05, 0) is 24.1 Å². The van der Waals surface area contributed by atoms with Gasteiger partial charge in [0.25, 0.3) is 0 Å². The molecule has 0 saturated carbocycles. The number of amides is 2. The first-order chi connectivity index (χ1) is 10.1. The predicted octanol–water partition coefficient (Wildman–Crippen LogP) is 0.365. The van der Waals surface area contributed by atoms with Gasteiger partial charge in [-0.3, -0.25) is 9.78 Å².